The van der Waals surface area contributed by atoms with Crippen LogP contribution in [-0.4, -0.2) is 38.8 Å². The summed E-state index contributed by atoms with van der Waals surface area (Å²) in [6.45, 7) is 6.01. The molecule has 2 aliphatic heterocycles. The number of piperidine rings is 1. The highest BCUT2D eigenvalue weighted by Gasteiger charge is 2.27. The Bertz CT molecular complexity index is 892. The smallest absolute Gasteiger partial charge is 0.286 e. The van der Waals surface area contributed by atoms with Gasteiger partial charge in [-0.3, -0.25) is 4.79 Å². The molecule has 134 valence electrons. The van der Waals surface area contributed by atoms with Crippen LogP contribution in [-0.2, 0) is 4.79 Å². The first kappa shape index (κ1) is 17.1. The Kier molecular flexibility index (Phi) is 4.68. The average molecular weight is 366 g/mol. The molecule has 1 saturated heterocycles. The number of hydrogen-bond acceptors (Lipinski definition) is 4. The van der Waals surface area contributed by atoms with Crippen LogP contribution < -0.4 is 0 Å². The second-order valence-corrected chi connectivity index (χ2v) is 7.70. The molecule has 26 heavy (non-hydrogen) atoms. The van der Waals surface area contributed by atoms with Crippen LogP contribution in [0.3, 0.4) is 0 Å². The summed E-state index contributed by atoms with van der Waals surface area (Å²) in [7, 11) is 0. The Hall–Kier alpha value is -2.34. The quantitative estimate of drug-likeness (QED) is 0.755. The molecule has 5 nitrogen and oxygen atoms in total. The molecule has 3 heterocycles. The van der Waals surface area contributed by atoms with Gasteiger partial charge in [-0.05, 0) is 63.1 Å². The fourth-order valence-electron chi connectivity index (χ4n) is 3.43. The minimum absolute atomic E-state index is 0.137. The van der Waals surface area contributed by atoms with Gasteiger partial charge in [-0.15, -0.1) is 0 Å². The van der Waals surface area contributed by atoms with Gasteiger partial charge in [-0.2, -0.15) is 10.1 Å². The number of carbonyl (C=O) groups excluding carboxylic acids is 1. The second kappa shape index (κ2) is 7.11. The normalized spacial score (nSPS) is 19.3. The largest absolute Gasteiger partial charge is 0.351 e. The van der Waals surface area contributed by atoms with Gasteiger partial charge in [0.25, 0.3) is 5.91 Å². The molecule has 1 fully saturated rings. The van der Waals surface area contributed by atoms with Crippen molar-refractivity contribution < 1.29 is 4.79 Å². The fraction of sp³-hybridized carbons (Fsp3) is 0.350. The van der Waals surface area contributed by atoms with Crippen LogP contribution in [0.2, 0.25) is 0 Å². The summed E-state index contributed by atoms with van der Waals surface area (Å²) < 4.78 is 1.93. The Morgan fingerprint density at radius 1 is 1.08 bits per heavy atom. The molecule has 0 atom stereocenters. The lowest BCUT2D eigenvalue weighted by atomic mass is 10.1. The molecule has 1 amide bonds. The van der Waals surface area contributed by atoms with Crippen molar-refractivity contribution in [3.63, 3.8) is 0 Å². The Labute approximate surface area is 157 Å². The highest BCUT2D eigenvalue weighted by molar-refractivity contribution is 8.18. The molecule has 1 aromatic heterocycles. The second-order valence-electron chi connectivity index (χ2n) is 6.69. The van der Waals surface area contributed by atoms with E-state index in [9.17, 15) is 4.79 Å². The minimum atomic E-state index is -0.137. The zero-order valence-electron chi connectivity index (χ0n) is 15.1. The van der Waals surface area contributed by atoms with Gasteiger partial charge in [0.1, 0.15) is 0 Å². The Morgan fingerprint density at radius 2 is 1.81 bits per heavy atom. The molecule has 0 saturated carbocycles. The van der Waals surface area contributed by atoms with E-state index in [1.54, 1.807) is 0 Å². The number of carbonyl (C=O) groups is 1. The molecule has 2 aromatic rings. The molecule has 1 aromatic carbocycles. The lowest BCUT2D eigenvalue weighted by Gasteiger charge is -2.27. The number of amides is 1. The number of hydrogen-bond donors (Lipinski definition) is 0. The van der Waals surface area contributed by atoms with Crippen LogP contribution in [0, 0.1) is 13.8 Å². The summed E-state index contributed by atoms with van der Waals surface area (Å²) in [5, 5.41) is 5.51. The minimum Gasteiger partial charge on any atom is -0.351 e. The van der Waals surface area contributed by atoms with Crippen molar-refractivity contribution in [3.05, 3.63) is 52.2 Å². The maximum atomic E-state index is 12.4. The predicted molar refractivity (Wildman–Crippen MR) is 106 cm³/mol. The predicted octanol–water partition coefficient (Wildman–Crippen LogP) is 3.95. The summed E-state index contributed by atoms with van der Waals surface area (Å²) >= 11 is 1.49. The van der Waals surface area contributed by atoms with E-state index in [0.29, 0.717) is 4.91 Å². The average Bonchev–Trinajstić information content (AvgIpc) is 3.18. The molecule has 0 radical (unpaired) electrons. The molecule has 2 aliphatic rings. The monoisotopic (exact) mass is 366 g/mol. The molecule has 6 heteroatoms. The number of aryl methyl sites for hydroxylation is 1. The molecular formula is C20H22N4OS. The van der Waals surface area contributed by atoms with Gasteiger partial charge >= 0.3 is 0 Å². The van der Waals surface area contributed by atoms with E-state index in [1.165, 1.54) is 31.0 Å². The molecule has 4 rings (SSSR count). The van der Waals surface area contributed by atoms with Crippen molar-refractivity contribution >= 4 is 28.9 Å². The number of likely N-dealkylation sites (tertiary alicyclic amines) is 1. The fourth-order valence-corrected chi connectivity index (χ4v) is 4.38. The van der Waals surface area contributed by atoms with Crippen LogP contribution in [0.5, 0.6) is 0 Å². The van der Waals surface area contributed by atoms with Crippen molar-refractivity contribution in [2.45, 2.75) is 33.1 Å². The number of benzene rings is 1. The standard InChI is InChI=1S/C20H22N4OS/c1-14-17(15(2)24(22-14)16-9-5-3-6-10-16)13-18-19(25)21-20(26-18)23-11-7-4-8-12-23/h3,5-6,9-10,13H,4,7-8,11-12H2,1-2H3/b18-13-. The Balaban J connectivity index is 1.61. The van der Waals surface area contributed by atoms with E-state index < -0.39 is 0 Å². The zero-order chi connectivity index (χ0) is 18.1. The number of aliphatic imine (C=N–C) groups is 1. The zero-order valence-corrected chi connectivity index (χ0v) is 15.9. The topological polar surface area (TPSA) is 50.5 Å². The third kappa shape index (κ3) is 3.21. The number of nitrogens with zero attached hydrogens (tertiary/aromatic N) is 4. The molecule has 0 N–H and O–H groups in total. The van der Waals surface area contributed by atoms with Crippen molar-refractivity contribution in [1.82, 2.24) is 14.7 Å². The Morgan fingerprint density at radius 3 is 2.54 bits per heavy atom. The van der Waals surface area contributed by atoms with Gasteiger partial charge in [0.15, 0.2) is 5.17 Å². The lowest BCUT2D eigenvalue weighted by molar-refractivity contribution is -0.113. The highest BCUT2D eigenvalue weighted by Crippen LogP contribution is 2.32. The van der Waals surface area contributed by atoms with Crippen molar-refractivity contribution in [3.8, 4) is 5.69 Å². The van der Waals surface area contributed by atoms with E-state index >= 15 is 0 Å². The maximum Gasteiger partial charge on any atom is 0.286 e. The highest BCUT2D eigenvalue weighted by atomic mass is 32.2. The summed E-state index contributed by atoms with van der Waals surface area (Å²) in [5.41, 5.74) is 3.97. The van der Waals surface area contributed by atoms with Crippen LogP contribution in [0.4, 0.5) is 0 Å². The SMILES string of the molecule is Cc1nn(-c2ccccc2)c(C)c1/C=C1\SC(N2CCCCC2)=NC1=O. The number of amidine groups is 1. The first-order chi connectivity index (χ1) is 12.6. The van der Waals surface area contributed by atoms with Crippen molar-refractivity contribution in [2.24, 2.45) is 4.99 Å². The van der Waals surface area contributed by atoms with Gasteiger partial charge in [0, 0.05) is 24.3 Å². The maximum absolute atomic E-state index is 12.4. The summed E-state index contributed by atoms with van der Waals surface area (Å²) in [5.74, 6) is -0.137. The van der Waals surface area contributed by atoms with Gasteiger partial charge < -0.3 is 4.90 Å². The third-order valence-electron chi connectivity index (χ3n) is 4.86. The van der Waals surface area contributed by atoms with E-state index in [4.69, 9.17) is 0 Å². The summed E-state index contributed by atoms with van der Waals surface area (Å²) in [4.78, 5) is 19.6. The summed E-state index contributed by atoms with van der Waals surface area (Å²) in [6, 6.07) is 10.1. The lowest BCUT2D eigenvalue weighted by Crippen LogP contribution is -2.33. The van der Waals surface area contributed by atoms with E-state index in [-0.39, 0.29) is 5.91 Å². The van der Waals surface area contributed by atoms with Crippen LogP contribution in [0.1, 0.15) is 36.2 Å². The number of thioether (sulfide) groups is 1. The molecule has 0 bridgehead atoms. The van der Waals surface area contributed by atoms with Crippen LogP contribution in [0.15, 0.2) is 40.2 Å². The van der Waals surface area contributed by atoms with E-state index in [0.717, 1.165) is 40.9 Å². The molecule has 0 aliphatic carbocycles. The van der Waals surface area contributed by atoms with Crippen LogP contribution >= 0.6 is 11.8 Å². The first-order valence-electron chi connectivity index (χ1n) is 9.02. The van der Waals surface area contributed by atoms with Crippen LogP contribution in [0.25, 0.3) is 11.8 Å². The van der Waals surface area contributed by atoms with Crippen molar-refractivity contribution in [1.29, 1.82) is 0 Å². The van der Waals surface area contributed by atoms with Gasteiger partial charge in [-0.25, -0.2) is 4.68 Å². The number of rotatable bonds is 2. The molecular weight excluding hydrogens is 344 g/mol. The molecule has 0 spiro atoms. The van der Waals surface area contributed by atoms with E-state index in [1.807, 2.05) is 54.9 Å². The third-order valence-corrected chi connectivity index (χ3v) is 5.90. The van der Waals surface area contributed by atoms with E-state index in [2.05, 4.69) is 15.0 Å². The van der Waals surface area contributed by atoms with Gasteiger partial charge in [0.05, 0.1) is 16.3 Å². The van der Waals surface area contributed by atoms with Crippen molar-refractivity contribution in [2.75, 3.05) is 13.1 Å². The molecule has 0 unspecified atom stereocenters. The summed E-state index contributed by atoms with van der Waals surface area (Å²) in [6.07, 6.45) is 5.57. The van der Waals surface area contributed by atoms with Gasteiger partial charge in [0.2, 0.25) is 0 Å². The van der Waals surface area contributed by atoms with Gasteiger partial charge in [-0.1, -0.05) is 18.2 Å². The first-order valence-corrected chi connectivity index (χ1v) is 9.84. The number of aromatic nitrogens is 2. The number of para-hydroxylation sites is 1.